The molecule has 1 atom stereocenters. The number of hydrogen-bond donors (Lipinski definition) is 2. The molecule has 1 unspecified atom stereocenters. The van der Waals surface area contributed by atoms with Crippen molar-refractivity contribution >= 4 is 29.1 Å². The van der Waals surface area contributed by atoms with Crippen LogP contribution in [0.5, 0.6) is 11.5 Å². The topological polar surface area (TPSA) is 87.1 Å². The predicted octanol–water partition coefficient (Wildman–Crippen LogP) is 4.81. The fourth-order valence-electron chi connectivity index (χ4n) is 4.48. The molecule has 7 heteroatoms. The monoisotopic (exact) mass is 441 g/mol. The van der Waals surface area contributed by atoms with Crippen LogP contribution in [0.25, 0.3) is 5.76 Å². The van der Waals surface area contributed by atoms with E-state index in [2.05, 4.69) is 0 Å². The SMILES string of the molecule is CCOc1cccc(/C(O)=C2/C(=O)C(=O)N(C3CCCC3)C2c2ccc(O)c(Cl)c2)c1. The zero-order chi connectivity index (χ0) is 22.1. The Kier molecular flexibility index (Phi) is 5.92. The molecule has 0 bridgehead atoms. The van der Waals surface area contributed by atoms with E-state index in [0.29, 0.717) is 23.5 Å². The quantitative estimate of drug-likeness (QED) is 0.395. The van der Waals surface area contributed by atoms with Crippen LogP contribution in [0.1, 0.15) is 49.8 Å². The molecule has 0 aromatic heterocycles. The normalized spacial score (nSPS) is 21.1. The van der Waals surface area contributed by atoms with Gasteiger partial charge in [0.2, 0.25) is 0 Å². The van der Waals surface area contributed by atoms with Gasteiger partial charge in [0.15, 0.2) is 0 Å². The molecule has 4 rings (SSSR count). The number of phenols is 1. The van der Waals surface area contributed by atoms with Crippen molar-refractivity contribution in [2.24, 2.45) is 0 Å². The number of likely N-dealkylation sites (tertiary alicyclic amines) is 1. The number of carbonyl (C=O) groups excluding carboxylic acids is 2. The Balaban J connectivity index is 1.88. The van der Waals surface area contributed by atoms with Gasteiger partial charge in [0, 0.05) is 11.6 Å². The van der Waals surface area contributed by atoms with Crippen molar-refractivity contribution in [3.8, 4) is 11.5 Å². The zero-order valence-corrected chi connectivity index (χ0v) is 17.9. The third-order valence-corrected chi connectivity index (χ3v) is 6.21. The van der Waals surface area contributed by atoms with Gasteiger partial charge in [0.25, 0.3) is 11.7 Å². The van der Waals surface area contributed by atoms with Crippen LogP contribution in [-0.2, 0) is 9.59 Å². The molecular formula is C24H24ClNO5. The summed E-state index contributed by atoms with van der Waals surface area (Å²) in [5.74, 6) is -1.13. The maximum atomic E-state index is 13.1. The molecule has 2 fully saturated rings. The highest BCUT2D eigenvalue weighted by Crippen LogP contribution is 2.44. The van der Waals surface area contributed by atoms with Gasteiger partial charge >= 0.3 is 0 Å². The van der Waals surface area contributed by atoms with E-state index < -0.39 is 17.7 Å². The minimum absolute atomic E-state index is 0.0207. The predicted molar refractivity (Wildman–Crippen MR) is 117 cm³/mol. The van der Waals surface area contributed by atoms with Crippen molar-refractivity contribution in [1.29, 1.82) is 0 Å². The fraction of sp³-hybridized carbons (Fsp3) is 0.333. The molecule has 2 aromatic rings. The van der Waals surface area contributed by atoms with Crippen LogP contribution in [-0.4, -0.2) is 39.5 Å². The van der Waals surface area contributed by atoms with Crippen molar-refractivity contribution in [2.45, 2.75) is 44.7 Å². The number of aromatic hydroxyl groups is 1. The molecule has 0 spiro atoms. The lowest BCUT2D eigenvalue weighted by Gasteiger charge is -2.31. The minimum Gasteiger partial charge on any atom is -0.507 e. The number of phenolic OH excluding ortho intramolecular Hbond substituents is 1. The molecule has 6 nitrogen and oxygen atoms in total. The summed E-state index contributed by atoms with van der Waals surface area (Å²) in [6.45, 7) is 2.32. The van der Waals surface area contributed by atoms with Gasteiger partial charge in [-0.1, -0.05) is 42.6 Å². The van der Waals surface area contributed by atoms with E-state index in [4.69, 9.17) is 16.3 Å². The molecule has 2 aromatic carbocycles. The average molecular weight is 442 g/mol. The van der Waals surface area contributed by atoms with Gasteiger partial charge in [-0.2, -0.15) is 0 Å². The summed E-state index contributed by atoms with van der Waals surface area (Å²) < 4.78 is 5.51. The van der Waals surface area contributed by atoms with Crippen LogP contribution in [0.2, 0.25) is 5.02 Å². The van der Waals surface area contributed by atoms with Crippen LogP contribution >= 0.6 is 11.6 Å². The highest BCUT2D eigenvalue weighted by molar-refractivity contribution is 6.46. The van der Waals surface area contributed by atoms with Crippen LogP contribution in [0.3, 0.4) is 0 Å². The van der Waals surface area contributed by atoms with E-state index in [9.17, 15) is 19.8 Å². The first-order chi connectivity index (χ1) is 14.9. The number of aliphatic hydroxyl groups is 1. The van der Waals surface area contributed by atoms with E-state index in [-0.39, 0.29) is 28.1 Å². The van der Waals surface area contributed by atoms with Crippen molar-refractivity contribution in [3.05, 3.63) is 64.2 Å². The number of amides is 1. The fourth-order valence-corrected chi connectivity index (χ4v) is 4.67. The Morgan fingerprint density at radius 2 is 1.90 bits per heavy atom. The Hall–Kier alpha value is -2.99. The summed E-state index contributed by atoms with van der Waals surface area (Å²) in [4.78, 5) is 27.8. The molecule has 0 radical (unpaired) electrons. The summed E-state index contributed by atoms with van der Waals surface area (Å²) in [6.07, 6.45) is 3.56. The van der Waals surface area contributed by atoms with E-state index in [1.54, 1.807) is 41.3 Å². The number of carbonyl (C=O) groups is 2. The number of hydrogen-bond acceptors (Lipinski definition) is 5. The van der Waals surface area contributed by atoms with Gasteiger partial charge in [-0.05, 0) is 49.6 Å². The third-order valence-electron chi connectivity index (χ3n) is 5.90. The molecule has 162 valence electrons. The molecule has 1 saturated carbocycles. The maximum Gasteiger partial charge on any atom is 0.295 e. The summed E-state index contributed by atoms with van der Waals surface area (Å²) in [7, 11) is 0. The lowest BCUT2D eigenvalue weighted by molar-refractivity contribution is -0.141. The van der Waals surface area contributed by atoms with E-state index >= 15 is 0 Å². The number of ether oxygens (including phenoxy) is 1. The van der Waals surface area contributed by atoms with Gasteiger partial charge in [0.05, 0.1) is 23.2 Å². The lowest BCUT2D eigenvalue weighted by Crippen LogP contribution is -2.37. The van der Waals surface area contributed by atoms with Crippen molar-refractivity contribution in [1.82, 2.24) is 4.90 Å². The first kappa shape index (κ1) is 21.2. The van der Waals surface area contributed by atoms with Crippen LogP contribution in [0.15, 0.2) is 48.0 Å². The Morgan fingerprint density at radius 3 is 2.58 bits per heavy atom. The summed E-state index contributed by atoms with van der Waals surface area (Å²) in [6, 6.07) is 10.5. The molecule has 1 amide bonds. The van der Waals surface area contributed by atoms with E-state index in [1.165, 1.54) is 6.07 Å². The number of benzene rings is 2. The second kappa shape index (κ2) is 8.63. The van der Waals surface area contributed by atoms with Crippen molar-refractivity contribution in [3.63, 3.8) is 0 Å². The lowest BCUT2D eigenvalue weighted by atomic mass is 9.94. The summed E-state index contributed by atoms with van der Waals surface area (Å²) in [5.41, 5.74) is 0.981. The second-order valence-corrected chi connectivity index (χ2v) is 8.22. The molecule has 1 aliphatic heterocycles. The van der Waals surface area contributed by atoms with Crippen LogP contribution in [0, 0.1) is 0 Å². The van der Waals surface area contributed by atoms with Crippen LogP contribution in [0.4, 0.5) is 0 Å². The van der Waals surface area contributed by atoms with Gasteiger partial charge in [-0.3, -0.25) is 9.59 Å². The Bertz CT molecular complexity index is 1060. The molecule has 2 aliphatic rings. The number of Topliss-reactive ketones (excluding diaryl/α,β-unsaturated/α-hetero) is 1. The van der Waals surface area contributed by atoms with Crippen molar-refractivity contribution in [2.75, 3.05) is 6.61 Å². The Morgan fingerprint density at radius 1 is 1.16 bits per heavy atom. The highest BCUT2D eigenvalue weighted by Gasteiger charge is 2.49. The number of halogens is 1. The minimum atomic E-state index is -0.781. The maximum absolute atomic E-state index is 13.1. The molecule has 1 heterocycles. The van der Waals surface area contributed by atoms with Gasteiger partial charge in [0.1, 0.15) is 17.3 Å². The smallest absolute Gasteiger partial charge is 0.295 e. The average Bonchev–Trinajstić information content (AvgIpc) is 3.37. The number of nitrogens with zero attached hydrogens (tertiary/aromatic N) is 1. The molecular weight excluding hydrogens is 418 g/mol. The van der Waals surface area contributed by atoms with Gasteiger partial charge < -0.3 is 19.8 Å². The summed E-state index contributed by atoms with van der Waals surface area (Å²) >= 11 is 6.14. The number of rotatable bonds is 5. The first-order valence-electron chi connectivity index (χ1n) is 10.4. The third kappa shape index (κ3) is 3.88. The Labute approximate surface area is 185 Å². The van der Waals surface area contributed by atoms with Gasteiger partial charge in [-0.15, -0.1) is 0 Å². The molecule has 31 heavy (non-hydrogen) atoms. The molecule has 1 aliphatic carbocycles. The molecule has 1 saturated heterocycles. The standard InChI is InChI=1S/C24H24ClNO5/c1-2-31-17-9-5-6-15(12-17)22(28)20-21(14-10-11-19(27)18(25)13-14)26(24(30)23(20)29)16-7-3-4-8-16/h5-6,9-13,16,21,27-28H,2-4,7-8H2,1H3/b22-20-. The largest absolute Gasteiger partial charge is 0.507 e. The molecule has 2 N–H and O–H groups in total. The first-order valence-corrected chi connectivity index (χ1v) is 10.8. The highest BCUT2D eigenvalue weighted by atomic mass is 35.5. The summed E-state index contributed by atoms with van der Waals surface area (Å²) in [5, 5.41) is 21.1. The number of ketones is 1. The number of aliphatic hydroxyl groups excluding tert-OH is 1. The second-order valence-electron chi connectivity index (χ2n) is 7.82. The van der Waals surface area contributed by atoms with Crippen molar-refractivity contribution < 1.29 is 24.5 Å². The van der Waals surface area contributed by atoms with Gasteiger partial charge in [-0.25, -0.2) is 0 Å². The van der Waals surface area contributed by atoms with E-state index in [0.717, 1.165) is 25.7 Å². The van der Waals surface area contributed by atoms with Crippen LogP contribution < -0.4 is 4.74 Å². The van der Waals surface area contributed by atoms with E-state index in [1.807, 2.05) is 6.92 Å². The zero-order valence-electron chi connectivity index (χ0n) is 17.2.